The zero-order valence-corrected chi connectivity index (χ0v) is 16.0. The van der Waals surface area contributed by atoms with Crippen LogP contribution in [0.1, 0.15) is 53.2 Å². The number of fused-ring (bicyclic) bond motifs is 1. The summed E-state index contributed by atoms with van der Waals surface area (Å²) >= 11 is 0. The molecule has 2 aromatic rings. The summed E-state index contributed by atoms with van der Waals surface area (Å²) in [5, 5.41) is 3.14. The highest BCUT2D eigenvalue weighted by Crippen LogP contribution is 2.30. The molecule has 0 radical (unpaired) electrons. The molecule has 1 saturated heterocycles. The van der Waals surface area contributed by atoms with Crippen LogP contribution in [0.3, 0.4) is 0 Å². The van der Waals surface area contributed by atoms with Gasteiger partial charge in [0.25, 0.3) is 5.91 Å². The standard InChI is InChI=1S/C21H24N2O3S/c24-21(22-20-12-6-8-16-7-1-2-11-19(16)20)17-9-5-10-18(15-17)23-13-3-4-14-27(23,25)26/h1-2,5,7,9-11,15,20H,3-4,6,8,12-14H2,(H,22,24)/t20-/m0/s1. The van der Waals surface area contributed by atoms with Gasteiger partial charge in [-0.2, -0.15) is 0 Å². The van der Waals surface area contributed by atoms with Gasteiger partial charge in [-0.25, -0.2) is 8.42 Å². The summed E-state index contributed by atoms with van der Waals surface area (Å²) in [5.41, 5.74) is 3.55. The van der Waals surface area contributed by atoms with Crippen molar-refractivity contribution in [2.75, 3.05) is 16.6 Å². The summed E-state index contributed by atoms with van der Waals surface area (Å²) in [6.07, 6.45) is 4.55. The van der Waals surface area contributed by atoms with Crippen molar-refractivity contribution in [2.45, 2.75) is 38.1 Å². The smallest absolute Gasteiger partial charge is 0.251 e. The van der Waals surface area contributed by atoms with Gasteiger partial charge in [0.1, 0.15) is 0 Å². The molecular weight excluding hydrogens is 360 g/mol. The van der Waals surface area contributed by atoms with Crippen molar-refractivity contribution in [3.05, 3.63) is 65.2 Å². The van der Waals surface area contributed by atoms with Crippen molar-refractivity contribution in [3.63, 3.8) is 0 Å². The van der Waals surface area contributed by atoms with E-state index in [1.807, 2.05) is 12.1 Å². The Hall–Kier alpha value is -2.34. The summed E-state index contributed by atoms with van der Waals surface area (Å²) < 4.78 is 26.1. The number of anilines is 1. The first-order valence-electron chi connectivity index (χ1n) is 9.54. The normalized spacial score (nSPS) is 21.3. The van der Waals surface area contributed by atoms with Crippen LogP contribution in [0.5, 0.6) is 0 Å². The van der Waals surface area contributed by atoms with Crippen LogP contribution < -0.4 is 9.62 Å². The van der Waals surface area contributed by atoms with E-state index in [9.17, 15) is 13.2 Å². The van der Waals surface area contributed by atoms with Gasteiger partial charge < -0.3 is 5.32 Å². The number of aryl methyl sites for hydroxylation is 1. The maximum atomic E-state index is 12.8. The van der Waals surface area contributed by atoms with E-state index in [4.69, 9.17) is 0 Å². The predicted molar refractivity (Wildman–Crippen MR) is 106 cm³/mol. The van der Waals surface area contributed by atoms with Crippen molar-refractivity contribution >= 4 is 21.6 Å². The van der Waals surface area contributed by atoms with Gasteiger partial charge in [0.15, 0.2) is 0 Å². The Kier molecular flexibility index (Phi) is 4.91. The zero-order valence-electron chi connectivity index (χ0n) is 15.2. The van der Waals surface area contributed by atoms with E-state index in [-0.39, 0.29) is 17.7 Å². The topological polar surface area (TPSA) is 66.5 Å². The molecule has 0 aromatic heterocycles. The molecule has 1 fully saturated rings. The number of sulfonamides is 1. The molecule has 2 aliphatic rings. The maximum Gasteiger partial charge on any atom is 0.251 e. The van der Waals surface area contributed by atoms with E-state index in [0.29, 0.717) is 24.2 Å². The minimum Gasteiger partial charge on any atom is -0.345 e. The Bertz CT molecular complexity index is 955. The van der Waals surface area contributed by atoms with Crippen LogP contribution in [0.15, 0.2) is 48.5 Å². The third kappa shape index (κ3) is 3.72. The summed E-state index contributed by atoms with van der Waals surface area (Å²) in [6.45, 7) is 0.476. The number of hydrogen-bond acceptors (Lipinski definition) is 3. The molecule has 142 valence electrons. The van der Waals surface area contributed by atoms with Gasteiger partial charge in [-0.1, -0.05) is 30.3 Å². The fourth-order valence-corrected chi connectivity index (χ4v) is 5.66. The number of benzene rings is 2. The van der Waals surface area contributed by atoms with Gasteiger partial charge in [-0.15, -0.1) is 0 Å². The molecule has 0 saturated carbocycles. The molecule has 1 atom stereocenters. The highest BCUT2D eigenvalue weighted by Gasteiger charge is 2.27. The molecule has 1 heterocycles. The van der Waals surface area contributed by atoms with Gasteiger partial charge in [0.2, 0.25) is 10.0 Å². The van der Waals surface area contributed by atoms with Gasteiger partial charge in [-0.3, -0.25) is 9.10 Å². The molecule has 1 N–H and O–H groups in total. The van der Waals surface area contributed by atoms with Crippen molar-refractivity contribution in [1.29, 1.82) is 0 Å². The van der Waals surface area contributed by atoms with Crippen molar-refractivity contribution in [3.8, 4) is 0 Å². The molecule has 1 aliphatic carbocycles. The van der Waals surface area contributed by atoms with Gasteiger partial charge >= 0.3 is 0 Å². The molecule has 1 amide bonds. The third-order valence-corrected chi connectivity index (χ3v) is 7.29. The number of carbonyl (C=O) groups excluding carboxylic acids is 1. The largest absolute Gasteiger partial charge is 0.345 e. The summed E-state index contributed by atoms with van der Waals surface area (Å²) in [5.74, 6) is 0.00963. The van der Waals surface area contributed by atoms with Crippen LogP contribution >= 0.6 is 0 Å². The second kappa shape index (κ2) is 7.35. The molecule has 4 rings (SSSR count). The zero-order chi connectivity index (χ0) is 18.9. The fourth-order valence-electron chi connectivity index (χ4n) is 4.03. The number of nitrogens with one attached hydrogen (secondary N) is 1. The number of amides is 1. The molecule has 0 spiro atoms. The van der Waals surface area contributed by atoms with Crippen LogP contribution in [0, 0.1) is 0 Å². The van der Waals surface area contributed by atoms with E-state index >= 15 is 0 Å². The maximum absolute atomic E-state index is 12.8. The Balaban J connectivity index is 1.55. The van der Waals surface area contributed by atoms with E-state index in [1.54, 1.807) is 24.3 Å². The Morgan fingerprint density at radius 2 is 1.89 bits per heavy atom. The lowest BCUT2D eigenvalue weighted by molar-refractivity contribution is 0.0932. The minimum absolute atomic E-state index is 0.00447. The monoisotopic (exact) mass is 384 g/mol. The van der Waals surface area contributed by atoms with E-state index in [0.717, 1.165) is 25.7 Å². The van der Waals surface area contributed by atoms with E-state index in [2.05, 4.69) is 17.4 Å². The van der Waals surface area contributed by atoms with Crippen LogP contribution in [-0.2, 0) is 16.4 Å². The lowest BCUT2D eigenvalue weighted by Gasteiger charge is -2.29. The first-order chi connectivity index (χ1) is 13.0. The first-order valence-corrected chi connectivity index (χ1v) is 11.1. The molecule has 27 heavy (non-hydrogen) atoms. The highest BCUT2D eigenvalue weighted by molar-refractivity contribution is 7.92. The van der Waals surface area contributed by atoms with Gasteiger partial charge in [-0.05, 0) is 61.4 Å². The summed E-state index contributed by atoms with van der Waals surface area (Å²) in [7, 11) is -3.28. The SMILES string of the molecule is O=C(N[C@H]1CCCc2ccccc21)c1cccc(N2CCCCS2(=O)=O)c1. The number of rotatable bonds is 3. The molecule has 0 bridgehead atoms. The van der Waals surface area contributed by atoms with Crippen molar-refractivity contribution in [2.24, 2.45) is 0 Å². The van der Waals surface area contributed by atoms with Crippen LogP contribution in [-0.4, -0.2) is 26.6 Å². The van der Waals surface area contributed by atoms with Crippen LogP contribution in [0.25, 0.3) is 0 Å². The van der Waals surface area contributed by atoms with Gasteiger partial charge in [0, 0.05) is 12.1 Å². The lowest BCUT2D eigenvalue weighted by atomic mass is 9.87. The number of nitrogens with zero attached hydrogens (tertiary/aromatic N) is 1. The molecule has 6 heteroatoms. The second-order valence-corrected chi connectivity index (χ2v) is 9.28. The Morgan fingerprint density at radius 3 is 2.74 bits per heavy atom. The Labute approximate surface area is 160 Å². The molecule has 1 aliphatic heterocycles. The van der Waals surface area contributed by atoms with Crippen molar-refractivity contribution in [1.82, 2.24) is 5.32 Å². The van der Waals surface area contributed by atoms with E-state index < -0.39 is 10.0 Å². The van der Waals surface area contributed by atoms with Crippen molar-refractivity contribution < 1.29 is 13.2 Å². The molecular formula is C21H24N2O3S. The second-order valence-electron chi connectivity index (χ2n) is 7.26. The molecule has 2 aromatic carbocycles. The number of hydrogen-bond donors (Lipinski definition) is 1. The van der Waals surface area contributed by atoms with Crippen LogP contribution in [0.2, 0.25) is 0 Å². The van der Waals surface area contributed by atoms with Gasteiger partial charge in [0.05, 0.1) is 17.5 Å². The highest BCUT2D eigenvalue weighted by atomic mass is 32.2. The van der Waals surface area contributed by atoms with E-state index in [1.165, 1.54) is 15.4 Å². The molecule has 5 nitrogen and oxygen atoms in total. The summed E-state index contributed by atoms with van der Waals surface area (Å²) in [6, 6.07) is 15.2. The minimum atomic E-state index is -3.28. The Morgan fingerprint density at radius 1 is 1.04 bits per heavy atom. The van der Waals surface area contributed by atoms with Crippen LogP contribution in [0.4, 0.5) is 5.69 Å². The fraction of sp³-hybridized carbons (Fsp3) is 0.381. The summed E-state index contributed by atoms with van der Waals surface area (Å²) in [4.78, 5) is 12.8. The average molecular weight is 385 g/mol. The average Bonchev–Trinajstić information content (AvgIpc) is 2.68. The quantitative estimate of drug-likeness (QED) is 0.882. The first kappa shape index (κ1) is 18.0. The number of carbonyl (C=O) groups is 1. The predicted octanol–water partition coefficient (Wildman–Crippen LogP) is 3.42. The molecule has 0 unspecified atom stereocenters. The lowest BCUT2D eigenvalue weighted by Crippen LogP contribution is -2.38. The third-order valence-electron chi connectivity index (χ3n) is 5.42.